The van der Waals surface area contributed by atoms with Crippen LogP contribution in [0, 0.1) is 0 Å². The third-order valence-corrected chi connectivity index (χ3v) is 7.50. The maximum Gasteiger partial charge on any atom is 0.519 e. The van der Waals surface area contributed by atoms with Crippen LogP contribution in [-0.2, 0) is 20.3 Å². The van der Waals surface area contributed by atoms with E-state index in [0.29, 0.717) is 33.4 Å². The molecule has 0 heterocycles. The number of ether oxygens (including phenoxy) is 4. The van der Waals surface area contributed by atoms with Crippen molar-refractivity contribution in [2.45, 2.75) is 66.2 Å². The Bertz CT molecular complexity index is 1610. The summed E-state index contributed by atoms with van der Waals surface area (Å²) in [6, 6.07) is 25.1. The van der Waals surface area contributed by atoms with Crippen LogP contribution in [0.4, 0.5) is 4.79 Å². The van der Waals surface area contributed by atoms with Gasteiger partial charge in [-0.1, -0.05) is 90.1 Å². The van der Waals surface area contributed by atoms with Crippen LogP contribution in [0.1, 0.15) is 87.2 Å². The van der Waals surface area contributed by atoms with Gasteiger partial charge in [-0.25, -0.2) is 14.4 Å². The van der Waals surface area contributed by atoms with Gasteiger partial charge < -0.3 is 18.9 Å². The Balaban J connectivity index is 1.79. The van der Waals surface area contributed by atoms with Crippen molar-refractivity contribution in [3.05, 3.63) is 107 Å². The molecule has 0 atom stereocenters. The maximum atomic E-state index is 13.5. The lowest BCUT2D eigenvalue weighted by atomic mass is 9.84. The van der Waals surface area contributed by atoms with Gasteiger partial charge in [0.1, 0.15) is 11.5 Å². The molecule has 0 aromatic heterocycles. The standard InChI is InChI=1S/C39H42O7/c1-9-43-35(40)29-17-13-11-15-27(29)31-23-25(38(3,4)5)19-21-33(31)45-37(42)46-34-22-20-26(39(6,7)8)24-32(34)28-16-12-14-18-30(28)36(41)44-10-2/h11-24H,9-10H2,1-8H3. The van der Waals surface area contributed by atoms with E-state index in [1.165, 1.54) is 0 Å². The first-order chi connectivity index (χ1) is 21.7. The fourth-order valence-electron chi connectivity index (χ4n) is 5.00. The molecule has 0 aliphatic carbocycles. The Labute approximate surface area is 271 Å². The van der Waals surface area contributed by atoms with Crippen molar-refractivity contribution in [2.75, 3.05) is 13.2 Å². The van der Waals surface area contributed by atoms with Crippen LogP contribution in [0.3, 0.4) is 0 Å². The van der Waals surface area contributed by atoms with Gasteiger partial charge in [-0.15, -0.1) is 0 Å². The quantitative estimate of drug-likeness (QED) is 0.143. The lowest BCUT2D eigenvalue weighted by Gasteiger charge is -2.23. The first kappa shape index (κ1) is 34.0. The summed E-state index contributed by atoms with van der Waals surface area (Å²) in [6.45, 7) is 16.4. The second-order valence-electron chi connectivity index (χ2n) is 12.9. The summed E-state index contributed by atoms with van der Waals surface area (Å²) >= 11 is 0. The summed E-state index contributed by atoms with van der Waals surface area (Å²) in [5.74, 6) is -0.516. The monoisotopic (exact) mass is 622 g/mol. The van der Waals surface area contributed by atoms with E-state index in [1.54, 1.807) is 62.4 Å². The molecule has 0 N–H and O–H groups in total. The van der Waals surface area contributed by atoms with Crippen molar-refractivity contribution in [3.63, 3.8) is 0 Å². The highest BCUT2D eigenvalue weighted by Gasteiger charge is 2.25. The average Bonchev–Trinajstić information content (AvgIpc) is 3.00. The Morgan fingerprint density at radius 3 is 1.24 bits per heavy atom. The van der Waals surface area contributed by atoms with Gasteiger partial charge in [0.15, 0.2) is 0 Å². The first-order valence-corrected chi connectivity index (χ1v) is 15.5. The molecule has 46 heavy (non-hydrogen) atoms. The van der Waals surface area contributed by atoms with E-state index in [9.17, 15) is 14.4 Å². The zero-order chi connectivity index (χ0) is 33.6. The van der Waals surface area contributed by atoms with E-state index in [0.717, 1.165) is 11.1 Å². The fourth-order valence-corrected chi connectivity index (χ4v) is 5.00. The molecule has 0 saturated heterocycles. The zero-order valence-corrected chi connectivity index (χ0v) is 27.9. The first-order valence-electron chi connectivity index (χ1n) is 15.5. The number of hydrogen-bond donors (Lipinski definition) is 0. The maximum absolute atomic E-state index is 13.5. The molecule has 0 aliphatic heterocycles. The summed E-state index contributed by atoms with van der Waals surface area (Å²) in [4.78, 5) is 39.3. The van der Waals surface area contributed by atoms with E-state index in [2.05, 4.69) is 41.5 Å². The van der Waals surface area contributed by atoms with Crippen LogP contribution in [0.25, 0.3) is 22.3 Å². The van der Waals surface area contributed by atoms with Gasteiger partial charge in [0, 0.05) is 11.1 Å². The molecule has 7 heteroatoms. The number of rotatable bonds is 8. The molecular formula is C39H42O7. The number of hydrogen-bond acceptors (Lipinski definition) is 7. The van der Waals surface area contributed by atoms with Crippen molar-refractivity contribution < 1.29 is 33.3 Å². The summed E-state index contributed by atoms with van der Waals surface area (Å²) < 4.78 is 22.4. The van der Waals surface area contributed by atoms with Crippen LogP contribution in [0.5, 0.6) is 11.5 Å². The second kappa shape index (κ2) is 14.0. The zero-order valence-electron chi connectivity index (χ0n) is 27.9. The number of benzene rings is 4. The molecule has 0 saturated carbocycles. The molecule has 7 nitrogen and oxygen atoms in total. The van der Waals surface area contributed by atoms with Gasteiger partial charge in [-0.3, -0.25) is 0 Å². The molecule has 4 aromatic carbocycles. The Hall–Kier alpha value is -4.91. The highest BCUT2D eigenvalue weighted by Crippen LogP contribution is 2.39. The summed E-state index contributed by atoms with van der Waals surface area (Å²) in [7, 11) is 0. The Morgan fingerprint density at radius 2 is 0.891 bits per heavy atom. The SMILES string of the molecule is CCOC(=O)c1ccccc1-c1cc(C(C)(C)C)ccc1OC(=O)Oc1ccc(C(C)(C)C)cc1-c1ccccc1C(=O)OCC. The van der Waals surface area contributed by atoms with Gasteiger partial charge in [-0.2, -0.15) is 0 Å². The van der Waals surface area contributed by atoms with Gasteiger partial charge in [0.2, 0.25) is 0 Å². The van der Waals surface area contributed by atoms with Crippen molar-refractivity contribution >= 4 is 18.1 Å². The highest BCUT2D eigenvalue weighted by atomic mass is 16.7. The molecule has 0 aliphatic rings. The molecule has 0 radical (unpaired) electrons. The van der Waals surface area contributed by atoms with Crippen molar-refractivity contribution in [3.8, 4) is 33.8 Å². The van der Waals surface area contributed by atoms with Gasteiger partial charge in [-0.05, 0) is 83.3 Å². The Morgan fingerprint density at radius 1 is 0.522 bits per heavy atom. The minimum absolute atomic E-state index is 0.217. The number of carbonyl (C=O) groups is 3. The lowest BCUT2D eigenvalue weighted by molar-refractivity contribution is 0.0517. The third-order valence-electron chi connectivity index (χ3n) is 7.50. The van der Waals surface area contributed by atoms with E-state index in [-0.39, 0.29) is 35.5 Å². The molecule has 0 spiro atoms. The minimum atomic E-state index is -0.975. The normalized spacial score (nSPS) is 11.5. The molecule has 4 aromatic rings. The van der Waals surface area contributed by atoms with Crippen molar-refractivity contribution in [1.29, 1.82) is 0 Å². The summed E-state index contributed by atoms with van der Waals surface area (Å²) in [5.41, 5.74) is 4.45. The Kier molecular flexibility index (Phi) is 10.4. The fraction of sp³-hybridized carbons (Fsp3) is 0.308. The molecule has 0 fully saturated rings. The minimum Gasteiger partial charge on any atom is -0.462 e. The third kappa shape index (κ3) is 7.83. The average molecular weight is 623 g/mol. The van der Waals surface area contributed by atoms with E-state index < -0.39 is 18.1 Å². The molecular weight excluding hydrogens is 580 g/mol. The smallest absolute Gasteiger partial charge is 0.462 e. The van der Waals surface area contributed by atoms with Gasteiger partial charge >= 0.3 is 18.1 Å². The predicted molar refractivity (Wildman–Crippen MR) is 180 cm³/mol. The molecule has 240 valence electrons. The number of esters is 2. The van der Waals surface area contributed by atoms with Gasteiger partial charge in [0.25, 0.3) is 0 Å². The van der Waals surface area contributed by atoms with E-state index >= 15 is 0 Å². The van der Waals surface area contributed by atoms with Crippen LogP contribution >= 0.6 is 0 Å². The highest BCUT2D eigenvalue weighted by molar-refractivity contribution is 5.99. The molecule has 0 unspecified atom stereocenters. The van der Waals surface area contributed by atoms with Crippen LogP contribution in [0.2, 0.25) is 0 Å². The second-order valence-corrected chi connectivity index (χ2v) is 12.9. The van der Waals surface area contributed by atoms with Crippen LogP contribution < -0.4 is 9.47 Å². The molecule has 0 amide bonds. The van der Waals surface area contributed by atoms with Crippen LogP contribution in [0.15, 0.2) is 84.9 Å². The van der Waals surface area contributed by atoms with E-state index in [4.69, 9.17) is 18.9 Å². The summed E-state index contributed by atoms with van der Waals surface area (Å²) in [6.07, 6.45) is -0.975. The summed E-state index contributed by atoms with van der Waals surface area (Å²) in [5, 5.41) is 0. The molecule has 0 bridgehead atoms. The largest absolute Gasteiger partial charge is 0.519 e. The molecule has 4 rings (SSSR count). The van der Waals surface area contributed by atoms with Crippen molar-refractivity contribution in [1.82, 2.24) is 0 Å². The van der Waals surface area contributed by atoms with E-state index in [1.807, 2.05) is 36.4 Å². The van der Waals surface area contributed by atoms with Gasteiger partial charge in [0.05, 0.1) is 24.3 Å². The lowest BCUT2D eigenvalue weighted by Crippen LogP contribution is -2.17. The van der Waals surface area contributed by atoms with Crippen molar-refractivity contribution in [2.24, 2.45) is 0 Å². The predicted octanol–water partition coefficient (Wildman–Crippen LogP) is 9.55. The number of carbonyl (C=O) groups excluding carboxylic acids is 3. The topological polar surface area (TPSA) is 88.1 Å². The van der Waals surface area contributed by atoms with Crippen LogP contribution in [-0.4, -0.2) is 31.3 Å².